The molecule has 2 aromatic rings. The van der Waals surface area contributed by atoms with E-state index < -0.39 is 22.8 Å². The molecule has 9 aliphatic rings. The number of carbonyl (C=O) groups is 1. The van der Waals surface area contributed by atoms with Gasteiger partial charge in [0.25, 0.3) is 0 Å². The van der Waals surface area contributed by atoms with E-state index in [-0.39, 0.29) is 48.5 Å². The summed E-state index contributed by atoms with van der Waals surface area (Å²) >= 11 is 0. The number of nitrogens with one attached hydrogen (secondary N) is 1. The Kier molecular flexibility index (Phi) is 5.58. The Bertz CT molecular complexity index is 1660. The average Bonchev–Trinajstić information content (AvgIpc) is 3.58. The normalized spacial score (nSPS) is 35.2. The lowest BCUT2D eigenvalue weighted by atomic mass is 9.42. The summed E-state index contributed by atoms with van der Waals surface area (Å²) in [4.78, 5) is 22.0. The average molecular weight is 623 g/mol. The zero-order valence-electron chi connectivity index (χ0n) is 24.8. The third kappa shape index (κ3) is 4.34. The minimum atomic E-state index is -4.60. The number of aliphatic imine (C=N–C) groups is 1. The van der Waals surface area contributed by atoms with Crippen molar-refractivity contribution in [3.63, 3.8) is 0 Å². The lowest BCUT2D eigenvalue weighted by molar-refractivity contribution is -0.209. The van der Waals surface area contributed by atoms with E-state index in [0.717, 1.165) is 69.2 Å². The molecule has 4 bridgehead atoms. The molecule has 0 spiro atoms. The fraction of sp³-hybridized carbons (Fsp3) is 0.576. The molecule has 3 heterocycles. The summed E-state index contributed by atoms with van der Waals surface area (Å²) < 4.78 is 62.9. The highest BCUT2D eigenvalue weighted by molar-refractivity contribution is 6.06. The first kappa shape index (κ1) is 27.7. The van der Waals surface area contributed by atoms with Gasteiger partial charge in [0.05, 0.1) is 5.41 Å². The van der Waals surface area contributed by atoms with Gasteiger partial charge in [-0.3, -0.25) is 9.80 Å². The summed E-state index contributed by atoms with van der Waals surface area (Å²) in [5, 5.41) is 10.6. The first-order chi connectivity index (χ1) is 21.5. The fourth-order valence-electron chi connectivity index (χ4n) is 8.77. The van der Waals surface area contributed by atoms with E-state index in [1.807, 2.05) is 5.01 Å². The molecule has 0 atom stereocenters. The van der Waals surface area contributed by atoms with Crippen LogP contribution in [0.1, 0.15) is 93.8 Å². The number of amidine groups is 1. The van der Waals surface area contributed by atoms with Crippen molar-refractivity contribution in [1.29, 1.82) is 0 Å². The Morgan fingerprint density at radius 2 is 1.80 bits per heavy atom. The highest BCUT2D eigenvalue weighted by Gasteiger charge is 2.72. The van der Waals surface area contributed by atoms with Crippen molar-refractivity contribution >= 4 is 23.0 Å². The van der Waals surface area contributed by atoms with E-state index in [9.17, 15) is 22.4 Å². The van der Waals surface area contributed by atoms with Crippen molar-refractivity contribution in [2.24, 2.45) is 15.8 Å². The number of hydrazine groups is 1. The molecule has 1 N–H and O–H groups in total. The predicted molar refractivity (Wildman–Crippen MR) is 156 cm³/mol. The van der Waals surface area contributed by atoms with Crippen LogP contribution in [0.15, 0.2) is 51.6 Å². The number of aromatic nitrogens is 2. The standard InChI is InChI=1S/C33H34F4N6O2/c34-32-15-31(16-32,17-32)27(44)39-23-3-1-2-21(12-23)22-13-24(33(35,36)37)26-38-19-42(43(26)14-22)18-29-6-9-30(10-7-29,11-8-29)28-40-25(41-45-28)20-4-5-20/h1-3,12-14,20H,4-11,15-19H2,(H,39,44). The first-order valence-electron chi connectivity index (χ1n) is 16.0. The smallest absolute Gasteiger partial charge is 0.339 e. The number of benzene rings is 1. The van der Waals surface area contributed by atoms with Crippen LogP contribution < -0.4 is 5.32 Å². The summed E-state index contributed by atoms with van der Waals surface area (Å²) in [5.41, 5.74) is -1.35. The topological polar surface area (TPSA) is 86.9 Å². The largest absolute Gasteiger partial charge is 0.420 e. The zero-order valence-corrected chi connectivity index (χ0v) is 24.8. The number of carbonyl (C=O) groups excluding carboxylic acids is 1. The van der Waals surface area contributed by atoms with Crippen LogP contribution in [0.2, 0.25) is 0 Å². The third-order valence-electron chi connectivity index (χ3n) is 11.7. The number of alkyl halides is 4. The summed E-state index contributed by atoms with van der Waals surface area (Å²) in [6, 6.07) is 6.83. The molecule has 1 aromatic heterocycles. The molecule has 7 saturated carbocycles. The lowest BCUT2D eigenvalue weighted by Crippen LogP contribution is -2.68. The molecule has 45 heavy (non-hydrogen) atoms. The molecule has 8 nitrogen and oxygen atoms in total. The van der Waals surface area contributed by atoms with Crippen LogP contribution in [0.25, 0.3) is 5.57 Å². The maximum absolute atomic E-state index is 14.4. The van der Waals surface area contributed by atoms with Gasteiger partial charge in [-0.25, -0.2) is 9.38 Å². The summed E-state index contributed by atoms with van der Waals surface area (Å²) in [6.45, 7) is 0.762. The van der Waals surface area contributed by atoms with Gasteiger partial charge in [-0.2, -0.15) is 23.2 Å². The van der Waals surface area contributed by atoms with Gasteiger partial charge in [0.1, 0.15) is 17.9 Å². The van der Waals surface area contributed by atoms with E-state index in [1.165, 1.54) is 0 Å². The minimum absolute atomic E-state index is 0.0243. The van der Waals surface area contributed by atoms with Crippen molar-refractivity contribution in [2.75, 3.05) is 18.5 Å². The maximum atomic E-state index is 14.4. The van der Waals surface area contributed by atoms with Crippen LogP contribution in [0, 0.1) is 10.8 Å². The van der Waals surface area contributed by atoms with Crippen LogP contribution in [-0.4, -0.2) is 57.0 Å². The second-order valence-electron chi connectivity index (χ2n) is 14.8. The number of amides is 1. The molecule has 1 aromatic carbocycles. The van der Waals surface area contributed by atoms with Crippen LogP contribution in [-0.2, 0) is 10.2 Å². The van der Waals surface area contributed by atoms with Gasteiger partial charge in [-0.15, -0.1) is 0 Å². The second-order valence-corrected chi connectivity index (χ2v) is 14.8. The highest BCUT2D eigenvalue weighted by Crippen LogP contribution is 2.69. The molecule has 0 saturated heterocycles. The SMILES string of the molecule is O=C(Nc1cccc(C2=CN3C(=NCN3CC34CCC(c5nc(C6CC6)no5)(CC3)CC4)C(C(F)(F)F)=C2)c1)C12CC(F)(C1)C2. The molecule has 0 radical (unpaired) electrons. The lowest BCUT2D eigenvalue weighted by Gasteiger charge is -2.64. The Morgan fingerprint density at radius 1 is 1.07 bits per heavy atom. The van der Waals surface area contributed by atoms with Crippen LogP contribution in [0.4, 0.5) is 23.2 Å². The number of allylic oxidation sites excluding steroid dienone is 2. The molecule has 0 unspecified atom stereocenters. The van der Waals surface area contributed by atoms with Gasteiger partial charge in [-0.05, 0) is 99.8 Å². The van der Waals surface area contributed by atoms with Gasteiger partial charge < -0.3 is 9.84 Å². The number of nitrogens with zero attached hydrogens (tertiary/aromatic N) is 5. The number of hydrogen-bond acceptors (Lipinski definition) is 7. The van der Waals surface area contributed by atoms with Crippen molar-refractivity contribution in [1.82, 2.24) is 20.2 Å². The van der Waals surface area contributed by atoms with E-state index >= 15 is 0 Å². The molecule has 7 fully saturated rings. The Balaban J connectivity index is 0.942. The van der Waals surface area contributed by atoms with Crippen molar-refractivity contribution in [2.45, 2.75) is 93.8 Å². The fourth-order valence-corrected chi connectivity index (χ4v) is 8.77. The van der Waals surface area contributed by atoms with E-state index in [1.54, 1.807) is 35.5 Å². The zero-order chi connectivity index (χ0) is 30.8. The molecule has 2 aliphatic heterocycles. The Hall–Kier alpha value is -3.54. The number of rotatable bonds is 7. The third-order valence-corrected chi connectivity index (χ3v) is 11.7. The summed E-state index contributed by atoms with van der Waals surface area (Å²) in [6.07, 6.45) is 6.86. The van der Waals surface area contributed by atoms with Gasteiger partial charge in [0, 0.05) is 35.3 Å². The Labute approximate surface area is 257 Å². The number of fused-ring (bicyclic) bond motifs is 4. The quantitative estimate of drug-likeness (QED) is 0.342. The van der Waals surface area contributed by atoms with Gasteiger partial charge in [0.2, 0.25) is 11.8 Å². The van der Waals surface area contributed by atoms with E-state index in [4.69, 9.17) is 9.51 Å². The highest BCUT2D eigenvalue weighted by atomic mass is 19.4. The second kappa shape index (κ2) is 9.04. The summed E-state index contributed by atoms with van der Waals surface area (Å²) in [7, 11) is 0. The molecular formula is C33H34F4N6O2. The molecular weight excluding hydrogens is 588 g/mol. The first-order valence-corrected chi connectivity index (χ1v) is 16.0. The van der Waals surface area contributed by atoms with Gasteiger partial charge in [-0.1, -0.05) is 17.3 Å². The molecule has 12 heteroatoms. The van der Waals surface area contributed by atoms with Gasteiger partial charge >= 0.3 is 6.18 Å². The van der Waals surface area contributed by atoms with Crippen LogP contribution >= 0.6 is 0 Å². The van der Waals surface area contributed by atoms with Crippen molar-refractivity contribution in [3.8, 4) is 0 Å². The number of halogens is 4. The van der Waals surface area contributed by atoms with Crippen molar-refractivity contribution < 1.29 is 26.9 Å². The molecule has 11 rings (SSSR count). The molecule has 7 aliphatic carbocycles. The van der Waals surface area contributed by atoms with E-state index in [2.05, 4.69) is 15.5 Å². The van der Waals surface area contributed by atoms with Crippen LogP contribution in [0.5, 0.6) is 0 Å². The monoisotopic (exact) mass is 622 g/mol. The molecule has 236 valence electrons. The predicted octanol–water partition coefficient (Wildman–Crippen LogP) is 6.80. The minimum Gasteiger partial charge on any atom is -0.339 e. The number of anilines is 1. The van der Waals surface area contributed by atoms with Crippen LogP contribution in [0.3, 0.4) is 0 Å². The van der Waals surface area contributed by atoms with E-state index in [0.29, 0.717) is 29.3 Å². The number of hydrogen-bond donors (Lipinski definition) is 1. The Morgan fingerprint density at radius 3 is 2.47 bits per heavy atom. The van der Waals surface area contributed by atoms with Gasteiger partial charge in [0.15, 0.2) is 11.7 Å². The van der Waals surface area contributed by atoms with Crippen molar-refractivity contribution in [3.05, 3.63) is 59.4 Å². The summed E-state index contributed by atoms with van der Waals surface area (Å²) in [5.74, 6) is 1.73. The molecule has 1 amide bonds. The maximum Gasteiger partial charge on any atom is 0.420 e.